The molecule has 0 saturated heterocycles. The van der Waals surface area contributed by atoms with Gasteiger partial charge in [0.15, 0.2) is 23.6 Å². The third-order valence-corrected chi connectivity index (χ3v) is 1.91. The maximum Gasteiger partial charge on any atom is 0.166 e. The zero-order valence-electron chi connectivity index (χ0n) is 8.54. The highest BCUT2D eigenvalue weighted by Crippen LogP contribution is 2.26. The van der Waals surface area contributed by atoms with E-state index in [1.54, 1.807) is 6.92 Å². The number of ketones is 1. The first kappa shape index (κ1) is 11.4. The van der Waals surface area contributed by atoms with Gasteiger partial charge in [-0.05, 0) is 26.0 Å². The second kappa shape index (κ2) is 4.68. The molecule has 1 aromatic carbocycles. The zero-order chi connectivity index (χ0) is 11.4. The van der Waals surface area contributed by atoms with Gasteiger partial charge in [-0.3, -0.25) is 9.59 Å². The van der Waals surface area contributed by atoms with Crippen molar-refractivity contribution in [2.75, 3.05) is 6.61 Å². The largest absolute Gasteiger partial charge is 0.490 e. The molecule has 4 heteroatoms. The van der Waals surface area contributed by atoms with Gasteiger partial charge < -0.3 is 4.74 Å². The summed E-state index contributed by atoms with van der Waals surface area (Å²) in [7, 11) is 0. The standard InChI is InChI=1S/C11H11FO3/c1-3-15-11-9(12)5-4-8(6-13)10(11)7(2)14/h4-6H,3H2,1-2H3. The van der Waals surface area contributed by atoms with Gasteiger partial charge in [0.25, 0.3) is 0 Å². The van der Waals surface area contributed by atoms with Crippen molar-refractivity contribution in [2.24, 2.45) is 0 Å². The summed E-state index contributed by atoms with van der Waals surface area (Å²) in [6, 6.07) is 2.38. The molecular formula is C11H11FO3. The molecule has 0 aromatic heterocycles. The van der Waals surface area contributed by atoms with Crippen molar-refractivity contribution < 1.29 is 18.7 Å². The van der Waals surface area contributed by atoms with E-state index in [0.717, 1.165) is 6.07 Å². The maximum absolute atomic E-state index is 13.3. The van der Waals surface area contributed by atoms with E-state index in [1.807, 2.05) is 0 Å². The van der Waals surface area contributed by atoms with E-state index < -0.39 is 5.82 Å². The Labute approximate surface area is 86.9 Å². The molecule has 0 saturated carbocycles. The van der Waals surface area contributed by atoms with E-state index in [-0.39, 0.29) is 29.3 Å². The molecule has 0 radical (unpaired) electrons. The molecule has 0 aliphatic carbocycles. The molecule has 1 aromatic rings. The molecule has 15 heavy (non-hydrogen) atoms. The number of carbonyl (C=O) groups excluding carboxylic acids is 2. The summed E-state index contributed by atoms with van der Waals surface area (Å²) >= 11 is 0. The van der Waals surface area contributed by atoms with Gasteiger partial charge in [0.2, 0.25) is 0 Å². The van der Waals surface area contributed by atoms with Crippen LogP contribution in [-0.4, -0.2) is 18.7 Å². The van der Waals surface area contributed by atoms with Crippen molar-refractivity contribution in [3.8, 4) is 5.75 Å². The number of aldehydes is 1. The van der Waals surface area contributed by atoms with E-state index in [0.29, 0.717) is 6.29 Å². The number of ether oxygens (including phenoxy) is 1. The Bertz CT molecular complexity index is 399. The van der Waals surface area contributed by atoms with Crippen LogP contribution >= 0.6 is 0 Å². The van der Waals surface area contributed by atoms with Crippen LogP contribution in [0.15, 0.2) is 12.1 Å². The third kappa shape index (κ3) is 2.21. The molecule has 0 bridgehead atoms. The predicted octanol–water partition coefficient (Wildman–Crippen LogP) is 2.24. The highest BCUT2D eigenvalue weighted by molar-refractivity contribution is 6.03. The highest BCUT2D eigenvalue weighted by Gasteiger charge is 2.17. The first-order valence-electron chi connectivity index (χ1n) is 4.53. The lowest BCUT2D eigenvalue weighted by Crippen LogP contribution is -2.06. The number of hydrogen-bond donors (Lipinski definition) is 0. The van der Waals surface area contributed by atoms with Crippen molar-refractivity contribution in [3.63, 3.8) is 0 Å². The fraction of sp³-hybridized carbons (Fsp3) is 0.273. The Morgan fingerprint density at radius 3 is 2.67 bits per heavy atom. The summed E-state index contributed by atoms with van der Waals surface area (Å²) in [4.78, 5) is 21.9. The Balaban J connectivity index is 3.43. The number of rotatable bonds is 4. The van der Waals surface area contributed by atoms with Gasteiger partial charge in [0, 0.05) is 5.56 Å². The van der Waals surface area contributed by atoms with Crippen LogP contribution in [0.3, 0.4) is 0 Å². The second-order valence-corrected chi connectivity index (χ2v) is 2.95. The lowest BCUT2D eigenvalue weighted by Gasteiger charge is -2.10. The molecule has 1 rings (SSSR count). The van der Waals surface area contributed by atoms with E-state index >= 15 is 0 Å². The molecule has 0 heterocycles. The van der Waals surface area contributed by atoms with Crippen molar-refractivity contribution in [1.29, 1.82) is 0 Å². The van der Waals surface area contributed by atoms with Crippen LogP contribution in [0.2, 0.25) is 0 Å². The van der Waals surface area contributed by atoms with Gasteiger partial charge >= 0.3 is 0 Å². The average molecular weight is 210 g/mol. The molecule has 0 aliphatic rings. The highest BCUT2D eigenvalue weighted by atomic mass is 19.1. The SMILES string of the molecule is CCOc1c(F)ccc(C=O)c1C(C)=O. The van der Waals surface area contributed by atoms with Gasteiger partial charge in [0.1, 0.15) is 0 Å². The molecule has 0 aliphatic heterocycles. The van der Waals surface area contributed by atoms with E-state index in [9.17, 15) is 14.0 Å². The van der Waals surface area contributed by atoms with Crippen LogP contribution in [-0.2, 0) is 0 Å². The monoisotopic (exact) mass is 210 g/mol. The van der Waals surface area contributed by atoms with Crippen molar-refractivity contribution in [2.45, 2.75) is 13.8 Å². The van der Waals surface area contributed by atoms with Crippen molar-refractivity contribution >= 4 is 12.1 Å². The van der Waals surface area contributed by atoms with Gasteiger partial charge in [-0.2, -0.15) is 0 Å². The van der Waals surface area contributed by atoms with Gasteiger partial charge in [-0.15, -0.1) is 0 Å². The van der Waals surface area contributed by atoms with Crippen LogP contribution in [0.25, 0.3) is 0 Å². The van der Waals surface area contributed by atoms with E-state index in [1.165, 1.54) is 13.0 Å². The molecule has 0 N–H and O–H groups in total. The second-order valence-electron chi connectivity index (χ2n) is 2.95. The third-order valence-electron chi connectivity index (χ3n) is 1.91. The van der Waals surface area contributed by atoms with E-state index in [2.05, 4.69) is 0 Å². The minimum Gasteiger partial charge on any atom is -0.490 e. The summed E-state index contributed by atoms with van der Waals surface area (Å²) in [6.45, 7) is 3.18. The zero-order valence-corrected chi connectivity index (χ0v) is 8.54. The Morgan fingerprint density at radius 1 is 1.53 bits per heavy atom. The quantitative estimate of drug-likeness (QED) is 0.565. The lowest BCUT2D eigenvalue weighted by atomic mass is 10.0. The van der Waals surface area contributed by atoms with Gasteiger partial charge in [-0.1, -0.05) is 0 Å². The van der Waals surface area contributed by atoms with Crippen molar-refractivity contribution in [3.05, 3.63) is 29.1 Å². The van der Waals surface area contributed by atoms with E-state index in [4.69, 9.17) is 4.74 Å². The molecule has 3 nitrogen and oxygen atoms in total. The summed E-state index contributed by atoms with van der Waals surface area (Å²) in [5.74, 6) is -1.16. The van der Waals surface area contributed by atoms with Crippen LogP contribution < -0.4 is 4.74 Å². The Morgan fingerprint density at radius 2 is 2.20 bits per heavy atom. The molecule has 0 amide bonds. The number of Topliss-reactive ketones (excluding diaryl/α,β-unsaturated/α-hetero) is 1. The van der Waals surface area contributed by atoms with Crippen LogP contribution in [0, 0.1) is 5.82 Å². The maximum atomic E-state index is 13.3. The number of carbonyl (C=O) groups is 2. The van der Waals surface area contributed by atoms with Crippen LogP contribution in [0.5, 0.6) is 5.75 Å². The fourth-order valence-electron chi connectivity index (χ4n) is 1.32. The first-order chi connectivity index (χ1) is 7.11. The average Bonchev–Trinajstić information content (AvgIpc) is 2.20. The normalized spacial score (nSPS) is 9.80. The van der Waals surface area contributed by atoms with Crippen molar-refractivity contribution in [1.82, 2.24) is 0 Å². The molecule has 0 unspecified atom stereocenters. The first-order valence-corrected chi connectivity index (χ1v) is 4.53. The number of benzene rings is 1. The summed E-state index contributed by atoms with van der Waals surface area (Å²) in [6.07, 6.45) is 0.513. The fourth-order valence-corrected chi connectivity index (χ4v) is 1.32. The Kier molecular flexibility index (Phi) is 3.55. The summed E-state index contributed by atoms with van der Waals surface area (Å²) < 4.78 is 18.3. The molecule has 0 atom stereocenters. The molecule has 80 valence electrons. The summed E-state index contributed by atoms with van der Waals surface area (Å²) in [5.41, 5.74) is 0.152. The number of halogens is 1. The number of hydrogen-bond acceptors (Lipinski definition) is 3. The minimum atomic E-state index is -0.632. The molecule has 0 fully saturated rings. The smallest absolute Gasteiger partial charge is 0.166 e. The van der Waals surface area contributed by atoms with Gasteiger partial charge in [-0.25, -0.2) is 4.39 Å². The summed E-state index contributed by atoms with van der Waals surface area (Å²) in [5, 5.41) is 0. The molecule has 0 spiro atoms. The topological polar surface area (TPSA) is 43.4 Å². The van der Waals surface area contributed by atoms with Crippen LogP contribution in [0.1, 0.15) is 34.6 Å². The van der Waals surface area contributed by atoms with Gasteiger partial charge in [0.05, 0.1) is 12.2 Å². The minimum absolute atomic E-state index is 0.00634. The predicted molar refractivity (Wildman–Crippen MR) is 53.0 cm³/mol. The van der Waals surface area contributed by atoms with Crippen LogP contribution in [0.4, 0.5) is 4.39 Å². The Hall–Kier alpha value is -1.71. The lowest BCUT2D eigenvalue weighted by molar-refractivity contribution is 0.1000. The molecular weight excluding hydrogens is 199 g/mol.